The minimum Gasteiger partial charge on any atom is -0.508 e. The SMILES string of the molecule is COc1ccc(/C(O)=C2/C(=O)C(=O)N(CCCC(=O)O)C2c2ccc(O)cc2)cc1. The fraction of sp³-hybridized carbons (Fsp3) is 0.227. The van der Waals surface area contributed by atoms with E-state index in [4.69, 9.17) is 9.84 Å². The minimum atomic E-state index is -1.01. The van der Waals surface area contributed by atoms with Gasteiger partial charge in [-0.15, -0.1) is 0 Å². The Morgan fingerprint density at radius 2 is 1.67 bits per heavy atom. The largest absolute Gasteiger partial charge is 0.508 e. The van der Waals surface area contributed by atoms with E-state index < -0.39 is 23.7 Å². The highest BCUT2D eigenvalue weighted by atomic mass is 16.5. The van der Waals surface area contributed by atoms with Crippen LogP contribution in [0.3, 0.4) is 0 Å². The smallest absolute Gasteiger partial charge is 0.303 e. The van der Waals surface area contributed by atoms with Gasteiger partial charge in [-0.3, -0.25) is 14.4 Å². The number of carboxylic acids is 1. The summed E-state index contributed by atoms with van der Waals surface area (Å²) in [6, 6.07) is 11.4. The third kappa shape index (κ3) is 4.12. The number of carboxylic acid groups (broad SMARTS) is 1. The molecule has 8 heteroatoms. The second kappa shape index (κ2) is 8.69. The molecule has 1 heterocycles. The number of nitrogens with zero attached hydrogens (tertiary/aromatic N) is 1. The Balaban J connectivity index is 2.07. The first kappa shape index (κ1) is 20.9. The fourth-order valence-electron chi connectivity index (χ4n) is 3.42. The highest BCUT2D eigenvalue weighted by Crippen LogP contribution is 2.40. The Morgan fingerprint density at radius 3 is 2.23 bits per heavy atom. The summed E-state index contributed by atoms with van der Waals surface area (Å²) in [6.07, 6.45) is -0.0106. The maximum absolute atomic E-state index is 12.8. The van der Waals surface area contributed by atoms with Crippen LogP contribution in [0.2, 0.25) is 0 Å². The molecule has 1 aliphatic heterocycles. The molecule has 0 aromatic heterocycles. The van der Waals surface area contributed by atoms with E-state index >= 15 is 0 Å². The van der Waals surface area contributed by atoms with Crippen LogP contribution in [-0.2, 0) is 14.4 Å². The summed E-state index contributed by atoms with van der Waals surface area (Å²) in [7, 11) is 1.50. The average molecular weight is 411 g/mol. The van der Waals surface area contributed by atoms with Gasteiger partial charge in [0.15, 0.2) is 0 Å². The molecular formula is C22H21NO7. The number of carbonyl (C=O) groups is 3. The molecule has 1 atom stereocenters. The number of methoxy groups -OCH3 is 1. The topological polar surface area (TPSA) is 124 Å². The van der Waals surface area contributed by atoms with Crippen molar-refractivity contribution in [2.75, 3.05) is 13.7 Å². The number of Topliss-reactive ketones (excluding diaryl/α,β-unsaturated/α-hetero) is 1. The van der Waals surface area contributed by atoms with Crippen LogP contribution >= 0.6 is 0 Å². The van der Waals surface area contributed by atoms with Gasteiger partial charge in [0.25, 0.3) is 11.7 Å². The lowest BCUT2D eigenvalue weighted by Crippen LogP contribution is -2.31. The van der Waals surface area contributed by atoms with Crippen molar-refractivity contribution < 1.29 is 34.4 Å². The number of ether oxygens (including phenoxy) is 1. The Labute approximate surface area is 172 Å². The first-order valence-corrected chi connectivity index (χ1v) is 9.27. The van der Waals surface area contributed by atoms with Gasteiger partial charge in [-0.1, -0.05) is 12.1 Å². The second-order valence-electron chi connectivity index (χ2n) is 6.81. The fourth-order valence-corrected chi connectivity index (χ4v) is 3.42. The summed E-state index contributed by atoms with van der Waals surface area (Å²) in [5.74, 6) is -2.43. The number of ketones is 1. The van der Waals surface area contributed by atoms with Crippen LogP contribution in [0.25, 0.3) is 5.76 Å². The van der Waals surface area contributed by atoms with Crippen molar-refractivity contribution in [2.24, 2.45) is 0 Å². The van der Waals surface area contributed by atoms with Crippen molar-refractivity contribution in [1.82, 2.24) is 4.90 Å². The standard InChI is InChI=1S/C22H21NO7/c1-30-16-10-6-14(7-11-16)20(27)18-19(13-4-8-15(24)9-5-13)23(22(29)21(18)28)12-2-3-17(25)26/h4-11,19,24,27H,2-3,12H2,1H3,(H,25,26)/b20-18-. The lowest BCUT2D eigenvalue weighted by molar-refractivity contribution is -0.140. The number of benzene rings is 2. The predicted octanol–water partition coefficient (Wildman–Crippen LogP) is 2.69. The van der Waals surface area contributed by atoms with Crippen molar-refractivity contribution in [2.45, 2.75) is 18.9 Å². The summed E-state index contributed by atoms with van der Waals surface area (Å²) >= 11 is 0. The third-order valence-corrected chi connectivity index (χ3v) is 4.90. The number of phenolic OH excluding ortho intramolecular Hbond substituents is 1. The number of aliphatic hydroxyl groups excluding tert-OH is 1. The number of amides is 1. The summed E-state index contributed by atoms with van der Waals surface area (Å²) in [6.45, 7) is 0.0296. The molecule has 1 amide bonds. The van der Waals surface area contributed by atoms with E-state index in [9.17, 15) is 24.6 Å². The summed E-state index contributed by atoms with van der Waals surface area (Å²) in [4.78, 5) is 37.6. The zero-order valence-electron chi connectivity index (χ0n) is 16.2. The van der Waals surface area contributed by atoms with Gasteiger partial charge >= 0.3 is 5.97 Å². The molecule has 1 saturated heterocycles. The molecule has 3 N–H and O–H groups in total. The molecular weight excluding hydrogens is 390 g/mol. The normalized spacial score (nSPS) is 17.9. The number of carbonyl (C=O) groups excluding carboxylic acids is 2. The van der Waals surface area contributed by atoms with Gasteiger partial charge in [-0.25, -0.2) is 0 Å². The lowest BCUT2D eigenvalue weighted by Gasteiger charge is -2.25. The van der Waals surface area contributed by atoms with E-state index in [0.717, 1.165) is 0 Å². The molecule has 0 bridgehead atoms. The minimum absolute atomic E-state index is 0.0109. The molecule has 1 aliphatic rings. The Hall–Kier alpha value is -3.81. The van der Waals surface area contributed by atoms with E-state index in [1.165, 1.54) is 24.1 Å². The molecule has 156 valence electrons. The van der Waals surface area contributed by atoms with Crippen LogP contribution in [0.15, 0.2) is 54.1 Å². The van der Waals surface area contributed by atoms with Crippen LogP contribution in [0.5, 0.6) is 11.5 Å². The Kier molecular flexibility index (Phi) is 6.06. The van der Waals surface area contributed by atoms with E-state index in [0.29, 0.717) is 16.9 Å². The molecule has 1 fully saturated rings. The number of rotatable bonds is 7. The van der Waals surface area contributed by atoms with E-state index in [2.05, 4.69) is 0 Å². The third-order valence-electron chi connectivity index (χ3n) is 4.90. The van der Waals surface area contributed by atoms with Gasteiger partial charge in [0.2, 0.25) is 0 Å². The number of aliphatic hydroxyl groups is 1. The number of phenols is 1. The molecule has 3 rings (SSSR count). The average Bonchev–Trinajstić information content (AvgIpc) is 2.98. The number of likely N-dealkylation sites (tertiary alicyclic amines) is 1. The molecule has 0 radical (unpaired) electrons. The van der Waals surface area contributed by atoms with Crippen LogP contribution in [-0.4, -0.2) is 51.5 Å². The number of hydrogen-bond acceptors (Lipinski definition) is 6. The molecule has 2 aromatic carbocycles. The molecule has 30 heavy (non-hydrogen) atoms. The first-order chi connectivity index (χ1) is 14.3. The summed E-state index contributed by atoms with van der Waals surface area (Å²) in [5.41, 5.74) is 0.756. The lowest BCUT2D eigenvalue weighted by atomic mass is 9.95. The van der Waals surface area contributed by atoms with Gasteiger partial charge in [0.1, 0.15) is 17.3 Å². The Morgan fingerprint density at radius 1 is 1.03 bits per heavy atom. The van der Waals surface area contributed by atoms with Crippen LogP contribution in [0.1, 0.15) is 30.0 Å². The highest BCUT2D eigenvalue weighted by molar-refractivity contribution is 6.46. The van der Waals surface area contributed by atoms with Crippen molar-refractivity contribution >= 4 is 23.4 Å². The maximum atomic E-state index is 12.8. The Bertz CT molecular complexity index is 993. The first-order valence-electron chi connectivity index (χ1n) is 9.27. The van der Waals surface area contributed by atoms with Gasteiger partial charge < -0.3 is 25.0 Å². The van der Waals surface area contributed by atoms with E-state index in [1.807, 2.05) is 0 Å². The number of aromatic hydroxyl groups is 1. The predicted molar refractivity (Wildman–Crippen MR) is 107 cm³/mol. The van der Waals surface area contributed by atoms with Crippen LogP contribution in [0, 0.1) is 0 Å². The van der Waals surface area contributed by atoms with Crippen molar-refractivity contribution in [3.8, 4) is 11.5 Å². The number of aliphatic carboxylic acids is 1. The van der Waals surface area contributed by atoms with Crippen LogP contribution in [0.4, 0.5) is 0 Å². The quantitative estimate of drug-likeness (QED) is 0.363. The summed E-state index contributed by atoms with van der Waals surface area (Å²) < 4.78 is 5.10. The summed E-state index contributed by atoms with van der Waals surface area (Å²) in [5, 5.41) is 29.4. The second-order valence-corrected chi connectivity index (χ2v) is 6.81. The van der Waals surface area contributed by atoms with Crippen molar-refractivity contribution in [3.05, 3.63) is 65.2 Å². The van der Waals surface area contributed by atoms with Gasteiger partial charge in [-0.05, 0) is 48.4 Å². The van der Waals surface area contributed by atoms with Crippen molar-refractivity contribution in [1.29, 1.82) is 0 Å². The molecule has 0 saturated carbocycles. The molecule has 1 unspecified atom stereocenters. The van der Waals surface area contributed by atoms with Crippen molar-refractivity contribution in [3.63, 3.8) is 0 Å². The number of hydrogen-bond donors (Lipinski definition) is 3. The van der Waals surface area contributed by atoms with Gasteiger partial charge in [0.05, 0.1) is 18.7 Å². The molecule has 0 spiro atoms. The zero-order chi connectivity index (χ0) is 21.8. The van der Waals surface area contributed by atoms with Gasteiger partial charge in [0, 0.05) is 18.5 Å². The van der Waals surface area contributed by atoms with Gasteiger partial charge in [-0.2, -0.15) is 0 Å². The maximum Gasteiger partial charge on any atom is 0.303 e. The van der Waals surface area contributed by atoms with E-state index in [1.54, 1.807) is 36.4 Å². The molecule has 2 aromatic rings. The van der Waals surface area contributed by atoms with Crippen LogP contribution < -0.4 is 4.74 Å². The zero-order valence-corrected chi connectivity index (χ0v) is 16.2. The molecule has 0 aliphatic carbocycles. The van der Waals surface area contributed by atoms with E-state index in [-0.39, 0.29) is 36.5 Å². The molecule has 8 nitrogen and oxygen atoms in total. The monoisotopic (exact) mass is 411 g/mol. The highest BCUT2D eigenvalue weighted by Gasteiger charge is 2.45.